The van der Waals surface area contributed by atoms with Gasteiger partial charge in [-0.05, 0) is 42.5 Å². The van der Waals surface area contributed by atoms with Gasteiger partial charge in [-0.1, -0.05) is 18.2 Å². The highest BCUT2D eigenvalue weighted by atomic mass is 35.5. The molecule has 1 nitrogen and oxygen atoms in total. The number of hydrogen-bond donors (Lipinski definition) is 1. The van der Waals surface area contributed by atoms with E-state index in [4.69, 9.17) is 5.73 Å². The number of fused-ring (bicyclic) bond motifs is 1. The monoisotopic (exact) mass is 183 g/mol. The van der Waals surface area contributed by atoms with Gasteiger partial charge in [0.1, 0.15) is 0 Å². The molecule has 12 heavy (non-hydrogen) atoms. The Labute approximate surface area is 79.4 Å². The maximum atomic E-state index is 5.47. The van der Waals surface area contributed by atoms with E-state index in [0.29, 0.717) is 0 Å². The quantitative estimate of drug-likeness (QED) is 0.743. The summed E-state index contributed by atoms with van der Waals surface area (Å²) in [5.74, 6) is 0. The van der Waals surface area contributed by atoms with Gasteiger partial charge in [0, 0.05) is 0 Å². The second kappa shape index (κ2) is 3.92. The highest BCUT2D eigenvalue weighted by Crippen LogP contribution is 2.23. The summed E-state index contributed by atoms with van der Waals surface area (Å²) in [6, 6.07) is 6.74. The summed E-state index contributed by atoms with van der Waals surface area (Å²) in [5.41, 5.74) is 9.93. The molecule has 0 aromatic heterocycles. The molecule has 0 saturated carbocycles. The first-order valence-corrected chi connectivity index (χ1v) is 4.21. The molecule has 0 spiro atoms. The Morgan fingerprint density at radius 3 is 2.42 bits per heavy atom. The van der Waals surface area contributed by atoms with E-state index >= 15 is 0 Å². The Morgan fingerprint density at radius 1 is 1.17 bits per heavy atom. The number of nitrogens with two attached hydrogens (primary N) is 1. The van der Waals surface area contributed by atoms with Crippen molar-refractivity contribution in [3.63, 3.8) is 0 Å². The summed E-state index contributed by atoms with van der Waals surface area (Å²) in [6.07, 6.45) is 3.57. The fraction of sp³-hybridized carbons (Fsp3) is 0.400. The van der Waals surface area contributed by atoms with Crippen molar-refractivity contribution in [3.8, 4) is 0 Å². The predicted octanol–water partition coefficient (Wildman–Crippen LogP) is 1.71. The second-order valence-corrected chi connectivity index (χ2v) is 3.14. The lowest BCUT2D eigenvalue weighted by molar-refractivity contribution is 0.829. The van der Waals surface area contributed by atoms with Crippen LogP contribution in [0, 0.1) is 0 Å². The highest BCUT2D eigenvalue weighted by molar-refractivity contribution is 5.85. The molecule has 0 saturated heterocycles. The van der Waals surface area contributed by atoms with Crippen molar-refractivity contribution in [2.45, 2.75) is 19.3 Å². The Kier molecular flexibility index (Phi) is 3.12. The molecule has 66 valence electrons. The largest absolute Gasteiger partial charge is 0.330 e. The summed E-state index contributed by atoms with van der Waals surface area (Å²) in [7, 11) is 0. The van der Waals surface area contributed by atoms with Crippen LogP contribution in [0.25, 0.3) is 0 Å². The third-order valence-electron chi connectivity index (χ3n) is 2.37. The minimum atomic E-state index is 0. The molecular weight excluding hydrogens is 170 g/mol. The van der Waals surface area contributed by atoms with Gasteiger partial charge in [-0.2, -0.15) is 0 Å². The first kappa shape index (κ1) is 9.56. The van der Waals surface area contributed by atoms with Crippen LogP contribution in [0.1, 0.15) is 16.7 Å². The van der Waals surface area contributed by atoms with Crippen LogP contribution in [0.4, 0.5) is 0 Å². The molecule has 1 aromatic carbocycles. The molecule has 0 radical (unpaired) electrons. The van der Waals surface area contributed by atoms with E-state index in [1.807, 2.05) is 0 Å². The van der Waals surface area contributed by atoms with Gasteiger partial charge in [-0.15, -0.1) is 12.4 Å². The van der Waals surface area contributed by atoms with Crippen molar-refractivity contribution in [1.82, 2.24) is 0 Å². The molecule has 0 unspecified atom stereocenters. The SMILES string of the molecule is Cl.NCCc1ccc2c(c1)CC2. The summed E-state index contributed by atoms with van der Waals surface area (Å²) in [4.78, 5) is 0. The van der Waals surface area contributed by atoms with Crippen molar-refractivity contribution in [2.24, 2.45) is 5.73 Å². The van der Waals surface area contributed by atoms with Crippen molar-refractivity contribution in [1.29, 1.82) is 0 Å². The Hall–Kier alpha value is -0.530. The lowest BCUT2D eigenvalue weighted by atomic mass is 9.87. The number of benzene rings is 1. The lowest BCUT2D eigenvalue weighted by Crippen LogP contribution is -2.10. The fourth-order valence-electron chi connectivity index (χ4n) is 1.57. The Balaban J connectivity index is 0.000000720. The van der Waals surface area contributed by atoms with Crippen LogP contribution in [0.15, 0.2) is 18.2 Å². The summed E-state index contributed by atoms with van der Waals surface area (Å²) >= 11 is 0. The molecule has 0 amide bonds. The van der Waals surface area contributed by atoms with Crippen molar-refractivity contribution < 1.29 is 0 Å². The van der Waals surface area contributed by atoms with E-state index in [0.717, 1.165) is 13.0 Å². The zero-order chi connectivity index (χ0) is 7.68. The Morgan fingerprint density at radius 2 is 1.92 bits per heavy atom. The molecule has 2 rings (SSSR count). The first-order valence-electron chi connectivity index (χ1n) is 4.21. The maximum Gasteiger partial charge on any atom is -0.00367 e. The van der Waals surface area contributed by atoms with Crippen LogP contribution in [0.3, 0.4) is 0 Å². The molecule has 0 fully saturated rings. The van der Waals surface area contributed by atoms with Crippen LogP contribution in [0.5, 0.6) is 0 Å². The smallest absolute Gasteiger partial charge is 0.00367 e. The molecule has 1 aliphatic carbocycles. The molecule has 0 bridgehead atoms. The first-order chi connectivity index (χ1) is 5.40. The van der Waals surface area contributed by atoms with E-state index in [2.05, 4.69) is 18.2 Å². The molecule has 0 aliphatic heterocycles. The third kappa shape index (κ3) is 1.62. The van der Waals surface area contributed by atoms with Gasteiger partial charge in [-0.3, -0.25) is 0 Å². The minimum Gasteiger partial charge on any atom is -0.330 e. The van der Waals surface area contributed by atoms with Gasteiger partial charge in [-0.25, -0.2) is 0 Å². The summed E-state index contributed by atoms with van der Waals surface area (Å²) in [6.45, 7) is 0.763. The van der Waals surface area contributed by atoms with E-state index in [-0.39, 0.29) is 12.4 Å². The van der Waals surface area contributed by atoms with Crippen molar-refractivity contribution in [2.75, 3.05) is 6.54 Å². The van der Waals surface area contributed by atoms with E-state index in [1.54, 1.807) is 0 Å². The topological polar surface area (TPSA) is 26.0 Å². The lowest BCUT2D eigenvalue weighted by Gasteiger charge is -2.19. The minimum absolute atomic E-state index is 0. The molecule has 0 heterocycles. The number of aryl methyl sites for hydroxylation is 2. The van der Waals surface area contributed by atoms with Crippen LogP contribution < -0.4 is 5.73 Å². The second-order valence-electron chi connectivity index (χ2n) is 3.14. The molecule has 1 aliphatic rings. The van der Waals surface area contributed by atoms with Gasteiger partial charge in [0.25, 0.3) is 0 Å². The molecule has 0 atom stereocenters. The van der Waals surface area contributed by atoms with Crippen LogP contribution in [-0.4, -0.2) is 6.54 Å². The predicted molar refractivity (Wildman–Crippen MR) is 53.9 cm³/mol. The number of hydrogen-bond acceptors (Lipinski definition) is 1. The normalized spacial score (nSPS) is 12.8. The average Bonchev–Trinajstić information content (AvgIpc) is 1.96. The van der Waals surface area contributed by atoms with Crippen LogP contribution in [0.2, 0.25) is 0 Å². The highest BCUT2D eigenvalue weighted by Gasteiger charge is 2.11. The summed E-state index contributed by atoms with van der Waals surface area (Å²) < 4.78 is 0. The third-order valence-corrected chi connectivity index (χ3v) is 2.37. The summed E-state index contributed by atoms with van der Waals surface area (Å²) in [5, 5.41) is 0. The van der Waals surface area contributed by atoms with Gasteiger partial charge in [0.05, 0.1) is 0 Å². The van der Waals surface area contributed by atoms with Crippen molar-refractivity contribution >= 4 is 12.4 Å². The zero-order valence-electron chi connectivity index (χ0n) is 7.05. The van der Waals surface area contributed by atoms with E-state index < -0.39 is 0 Å². The standard InChI is InChI=1S/C10H13N.ClH/c11-6-5-8-1-2-9-3-4-10(9)7-8;/h1-2,7H,3-6,11H2;1H. The molecule has 2 heteroatoms. The van der Waals surface area contributed by atoms with Gasteiger partial charge < -0.3 is 5.73 Å². The molecular formula is C10H14ClN. The van der Waals surface area contributed by atoms with Crippen LogP contribution in [-0.2, 0) is 19.3 Å². The Bertz CT molecular complexity index is 271. The van der Waals surface area contributed by atoms with E-state index in [9.17, 15) is 0 Å². The zero-order valence-corrected chi connectivity index (χ0v) is 7.86. The van der Waals surface area contributed by atoms with Crippen molar-refractivity contribution in [3.05, 3.63) is 34.9 Å². The molecule has 1 aromatic rings. The van der Waals surface area contributed by atoms with Gasteiger partial charge in [0.15, 0.2) is 0 Å². The van der Waals surface area contributed by atoms with Gasteiger partial charge in [0.2, 0.25) is 0 Å². The maximum absolute atomic E-state index is 5.47. The fourth-order valence-corrected chi connectivity index (χ4v) is 1.57. The molecule has 2 N–H and O–H groups in total. The van der Waals surface area contributed by atoms with E-state index in [1.165, 1.54) is 29.5 Å². The number of rotatable bonds is 2. The average molecular weight is 184 g/mol. The van der Waals surface area contributed by atoms with Gasteiger partial charge >= 0.3 is 0 Å². The van der Waals surface area contributed by atoms with Crippen LogP contribution >= 0.6 is 12.4 Å². The number of halogens is 1.